The van der Waals surface area contributed by atoms with E-state index in [0.717, 1.165) is 5.56 Å². The van der Waals surface area contributed by atoms with Crippen LogP contribution in [0.1, 0.15) is 10.9 Å². The van der Waals surface area contributed by atoms with Gasteiger partial charge in [-0.25, -0.2) is 4.68 Å². The van der Waals surface area contributed by atoms with Gasteiger partial charge in [-0.05, 0) is 29.8 Å². The number of fused-ring (bicyclic) bond motifs is 1. The minimum absolute atomic E-state index is 0.0197. The maximum atomic E-state index is 10.8. The van der Waals surface area contributed by atoms with Crippen LogP contribution in [-0.4, -0.2) is 32.0 Å². The molecule has 1 aliphatic rings. The van der Waals surface area contributed by atoms with Gasteiger partial charge in [0.1, 0.15) is 5.37 Å². The summed E-state index contributed by atoms with van der Waals surface area (Å²) in [5, 5.41) is 29.4. The number of non-ortho nitro benzene ring substituents is 1. The molecule has 1 atom stereocenters. The normalized spacial score (nSPS) is 15.3. The van der Waals surface area contributed by atoms with Crippen molar-refractivity contribution in [3.63, 3.8) is 0 Å². The average Bonchev–Trinajstić information content (AvgIpc) is 3.23. The lowest BCUT2D eigenvalue weighted by atomic mass is 10.2. The minimum atomic E-state index is -0.444. The predicted molar refractivity (Wildman–Crippen MR) is 94.7 cm³/mol. The first-order valence-corrected chi connectivity index (χ1v) is 8.45. The van der Waals surface area contributed by atoms with Gasteiger partial charge in [0.15, 0.2) is 17.3 Å². The van der Waals surface area contributed by atoms with E-state index >= 15 is 0 Å². The molecule has 0 radical (unpaired) electrons. The number of phenols is 1. The van der Waals surface area contributed by atoms with Gasteiger partial charge in [0.25, 0.3) is 5.69 Å². The highest BCUT2D eigenvalue weighted by atomic mass is 32.2. The molecule has 26 heavy (non-hydrogen) atoms. The number of aromatic hydroxyl groups is 1. The Bertz CT molecular complexity index is 989. The number of nitrogens with zero attached hydrogens (tertiary/aromatic N) is 4. The average molecular weight is 371 g/mol. The van der Waals surface area contributed by atoms with Gasteiger partial charge in [0, 0.05) is 17.7 Å². The van der Waals surface area contributed by atoms with Crippen LogP contribution in [0.5, 0.6) is 11.5 Å². The van der Waals surface area contributed by atoms with Crippen LogP contribution in [0.2, 0.25) is 0 Å². The molecule has 4 rings (SSSR count). The minimum Gasteiger partial charge on any atom is -0.504 e. The molecule has 132 valence electrons. The first kappa shape index (κ1) is 16.2. The van der Waals surface area contributed by atoms with Crippen molar-refractivity contribution < 1.29 is 14.8 Å². The van der Waals surface area contributed by atoms with E-state index in [9.17, 15) is 15.2 Å². The summed E-state index contributed by atoms with van der Waals surface area (Å²) in [5.41, 5.74) is 4.93. The molecule has 0 spiro atoms. The first-order chi connectivity index (χ1) is 12.6. The number of ether oxygens (including phenoxy) is 1. The van der Waals surface area contributed by atoms with E-state index in [0.29, 0.717) is 22.3 Å². The van der Waals surface area contributed by atoms with E-state index in [2.05, 4.69) is 15.6 Å². The highest BCUT2D eigenvalue weighted by Crippen LogP contribution is 2.42. The van der Waals surface area contributed by atoms with Gasteiger partial charge in [-0.1, -0.05) is 17.8 Å². The van der Waals surface area contributed by atoms with Gasteiger partial charge in [-0.3, -0.25) is 10.1 Å². The fraction of sp³-hybridized carbons (Fsp3) is 0.125. The zero-order valence-corrected chi connectivity index (χ0v) is 14.3. The number of nitro benzene ring substituents is 1. The Morgan fingerprint density at radius 3 is 2.73 bits per heavy atom. The molecule has 2 heterocycles. The third-order valence-electron chi connectivity index (χ3n) is 3.95. The van der Waals surface area contributed by atoms with Crippen LogP contribution in [0, 0.1) is 10.1 Å². The van der Waals surface area contributed by atoms with Gasteiger partial charge in [-0.2, -0.15) is 0 Å². The Labute approximate surface area is 151 Å². The van der Waals surface area contributed by atoms with E-state index in [1.165, 1.54) is 31.0 Å². The van der Waals surface area contributed by atoms with E-state index in [1.807, 2.05) is 0 Å². The molecule has 0 aliphatic carbocycles. The summed E-state index contributed by atoms with van der Waals surface area (Å²) in [4.78, 5) is 10.3. The van der Waals surface area contributed by atoms with Gasteiger partial charge in [0.05, 0.1) is 12.0 Å². The Morgan fingerprint density at radius 1 is 1.27 bits per heavy atom. The van der Waals surface area contributed by atoms with Gasteiger partial charge < -0.3 is 15.3 Å². The number of hydrogen-bond acceptors (Lipinski definition) is 8. The number of benzene rings is 2. The largest absolute Gasteiger partial charge is 0.504 e. The summed E-state index contributed by atoms with van der Waals surface area (Å²) < 4.78 is 6.90. The number of thioether (sulfide) groups is 1. The Morgan fingerprint density at radius 2 is 2.04 bits per heavy atom. The van der Waals surface area contributed by atoms with E-state index < -0.39 is 4.92 Å². The number of methoxy groups -OCH3 is 1. The quantitative estimate of drug-likeness (QED) is 0.531. The van der Waals surface area contributed by atoms with E-state index in [4.69, 9.17) is 4.74 Å². The molecule has 1 aromatic heterocycles. The Balaban J connectivity index is 1.62. The molecular formula is C16H13N5O4S. The number of hydrogen-bond donors (Lipinski definition) is 2. The topological polar surface area (TPSA) is 115 Å². The van der Waals surface area contributed by atoms with Crippen LogP contribution in [0.25, 0.3) is 11.4 Å². The molecule has 0 bridgehead atoms. The SMILES string of the molecule is COc1cc([C@@H]2Nn3c(nnc3-c3ccc([N+](=O)[O-])cc3)S2)ccc1O. The van der Waals surface area contributed by atoms with Crippen LogP contribution in [0.4, 0.5) is 5.69 Å². The molecule has 1 aliphatic heterocycles. The lowest BCUT2D eigenvalue weighted by Gasteiger charge is -2.13. The molecule has 0 fully saturated rings. The van der Waals surface area contributed by atoms with Gasteiger partial charge in [-0.15, -0.1) is 10.2 Å². The van der Waals surface area contributed by atoms with Crippen molar-refractivity contribution in [2.45, 2.75) is 10.5 Å². The maximum absolute atomic E-state index is 10.8. The van der Waals surface area contributed by atoms with Crippen molar-refractivity contribution in [2.24, 2.45) is 0 Å². The number of phenolic OH excluding ortho intramolecular Hbond substituents is 1. The predicted octanol–water partition coefficient (Wildman–Crippen LogP) is 2.92. The standard InChI is InChI=1S/C16H13N5O4S/c1-25-13-8-10(4-7-12(13)22)15-19-20-14(17-18-16(20)26-15)9-2-5-11(6-3-9)21(23)24/h2-8,15,19,22H,1H3/t15-/m1/s1. The molecular weight excluding hydrogens is 358 g/mol. The third kappa shape index (κ3) is 2.69. The van der Waals surface area contributed by atoms with Crippen molar-refractivity contribution in [3.8, 4) is 22.9 Å². The lowest BCUT2D eigenvalue weighted by molar-refractivity contribution is -0.384. The zero-order valence-electron chi connectivity index (χ0n) is 13.5. The van der Waals surface area contributed by atoms with Crippen LogP contribution >= 0.6 is 11.8 Å². The van der Waals surface area contributed by atoms with Crippen LogP contribution < -0.4 is 10.2 Å². The van der Waals surface area contributed by atoms with E-state index in [1.54, 1.807) is 35.0 Å². The monoisotopic (exact) mass is 371 g/mol. The summed E-state index contributed by atoms with van der Waals surface area (Å²) in [5.74, 6) is 1.03. The molecule has 0 saturated heterocycles. The second kappa shape index (κ2) is 6.23. The van der Waals surface area contributed by atoms with Crippen LogP contribution in [0.15, 0.2) is 47.6 Å². The molecule has 0 saturated carbocycles. The van der Waals surface area contributed by atoms with Crippen molar-refractivity contribution in [1.82, 2.24) is 14.9 Å². The lowest BCUT2D eigenvalue weighted by Crippen LogP contribution is -2.13. The molecule has 2 aromatic carbocycles. The Hall–Kier alpha value is -3.27. The first-order valence-electron chi connectivity index (χ1n) is 7.57. The Kier molecular flexibility index (Phi) is 3.88. The van der Waals surface area contributed by atoms with Gasteiger partial charge >= 0.3 is 0 Å². The number of nitro groups is 1. The number of rotatable bonds is 4. The van der Waals surface area contributed by atoms with Crippen LogP contribution in [0.3, 0.4) is 0 Å². The smallest absolute Gasteiger partial charge is 0.269 e. The fourth-order valence-electron chi connectivity index (χ4n) is 2.63. The summed E-state index contributed by atoms with van der Waals surface area (Å²) in [6.45, 7) is 0. The van der Waals surface area contributed by atoms with Crippen molar-refractivity contribution in [1.29, 1.82) is 0 Å². The highest BCUT2D eigenvalue weighted by Gasteiger charge is 2.28. The number of nitrogens with one attached hydrogen (secondary N) is 1. The summed E-state index contributed by atoms with van der Waals surface area (Å²) in [7, 11) is 1.50. The second-order valence-electron chi connectivity index (χ2n) is 5.50. The summed E-state index contributed by atoms with van der Waals surface area (Å²) >= 11 is 1.47. The van der Waals surface area contributed by atoms with Crippen molar-refractivity contribution in [2.75, 3.05) is 12.5 Å². The van der Waals surface area contributed by atoms with Gasteiger partial charge in [0.2, 0.25) is 5.16 Å². The number of aromatic nitrogens is 3. The molecule has 2 N–H and O–H groups in total. The maximum Gasteiger partial charge on any atom is 0.269 e. The fourth-order valence-corrected chi connectivity index (χ4v) is 3.61. The molecule has 0 unspecified atom stereocenters. The summed E-state index contributed by atoms with van der Waals surface area (Å²) in [6, 6.07) is 11.3. The second-order valence-corrected chi connectivity index (χ2v) is 6.58. The van der Waals surface area contributed by atoms with Crippen molar-refractivity contribution >= 4 is 17.4 Å². The third-order valence-corrected chi connectivity index (χ3v) is 5.03. The van der Waals surface area contributed by atoms with Crippen LogP contribution in [-0.2, 0) is 0 Å². The molecule has 10 heteroatoms. The van der Waals surface area contributed by atoms with E-state index in [-0.39, 0.29) is 16.8 Å². The molecule has 9 nitrogen and oxygen atoms in total. The molecule has 0 amide bonds. The molecule has 3 aromatic rings. The van der Waals surface area contributed by atoms with Crippen molar-refractivity contribution in [3.05, 3.63) is 58.1 Å². The highest BCUT2D eigenvalue weighted by molar-refractivity contribution is 7.99. The summed E-state index contributed by atoms with van der Waals surface area (Å²) in [6.07, 6.45) is 0. The zero-order chi connectivity index (χ0) is 18.3.